The molecule has 3 nitrogen and oxygen atoms in total. The fourth-order valence-electron chi connectivity index (χ4n) is 2.21. The third kappa shape index (κ3) is 5.11. The van der Waals surface area contributed by atoms with Crippen LogP contribution in [0, 0.1) is 6.92 Å². The first kappa shape index (κ1) is 15.8. The van der Waals surface area contributed by atoms with Gasteiger partial charge in [-0.2, -0.15) is 0 Å². The van der Waals surface area contributed by atoms with Crippen LogP contribution >= 0.6 is 0 Å². The van der Waals surface area contributed by atoms with E-state index in [4.69, 9.17) is 9.47 Å². The second-order valence-electron chi connectivity index (χ2n) is 4.80. The molecule has 3 heteroatoms. The molecule has 0 radical (unpaired) electrons. The lowest BCUT2D eigenvalue weighted by Gasteiger charge is -2.12. The highest BCUT2D eigenvalue weighted by atomic mass is 16.5. The molecule has 0 saturated heterocycles. The maximum Gasteiger partial charge on any atom is 0.161 e. The molecule has 0 fully saturated rings. The zero-order valence-electron chi connectivity index (χ0n) is 12.7. The molecule has 0 bridgehead atoms. The highest BCUT2D eigenvalue weighted by Gasteiger charge is 2.08. The molecule has 0 aliphatic rings. The smallest absolute Gasteiger partial charge is 0.161 e. The van der Waals surface area contributed by atoms with Crippen LogP contribution in [0.15, 0.2) is 12.1 Å². The third-order valence-electron chi connectivity index (χ3n) is 3.39. The van der Waals surface area contributed by atoms with Gasteiger partial charge >= 0.3 is 0 Å². The molecule has 0 atom stereocenters. The van der Waals surface area contributed by atoms with Gasteiger partial charge in [-0.25, -0.2) is 0 Å². The van der Waals surface area contributed by atoms with Crippen molar-refractivity contribution in [2.45, 2.75) is 39.5 Å². The van der Waals surface area contributed by atoms with Crippen molar-refractivity contribution in [3.63, 3.8) is 0 Å². The first-order valence-electron chi connectivity index (χ1n) is 7.15. The number of benzene rings is 1. The van der Waals surface area contributed by atoms with Crippen LogP contribution in [0.5, 0.6) is 11.5 Å². The fraction of sp³-hybridized carbons (Fsp3) is 0.625. The van der Waals surface area contributed by atoms with E-state index in [0.717, 1.165) is 31.0 Å². The molecule has 19 heavy (non-hydrogen) atoms. The summed E-state index contributed by atoms with van der Waals surface area (Å²) in [5.41, 5.74) is 2.64. The summed E-state index contributed by atoms with van der Waals surface area (Å²) in [6.45, 7) is 6.47. The summed E-state index contributed by atoms with van der Waals surface area (Å²) in [6, 6.07) is 4.17. The van der Waals surface area contributed by atoms with Crippen molar-refractivity contribution in [3.8, 4) is 11.5 Å². The van der Waals surface area contributed by atoms with E-state index in [9.17, 15) is 0 Å². The number of ether oxygens (including phenoxy) is 2. The van der Waals surface area contributed by atoms with Crippen LogP contribution in [0.2, 0.25) is 0 Å². The van der Waals surface area contributed by atoms with Gasteiger partial charge in [0.25, 0.3) is 0 Å². The van der Waals surface area contributed by atoms with E-state index in [0.29, 0.717) is 0 Å². The van der Waals surface area contributed by atoms with E-state index < -0.39 is 0 Å². The van der Waals surface area contributed by atoms with Gasteiger partial charge in [0.05, 0.1) is 14.2 Å². The van der Waals surface area contributed by atoms with Crippen LogP contribution in [0.4, 0.5) is 0 Å². The molecule has 1 aromatic rings. The van der Waals surface area contributed by atoms with Crippen molar-refractivity contribution in [1.29, 1.82) is 0 Å². The molecule has 0 spiro atoms. The van der Waals surface area contributed by atoms with E-state index in [-0.39, 0.29) is 0 Å². The number of aryl methyl sites for hydroxylation is 2. The average molecular weight is 265 g/mol. The van der Waals surface area contributed by atoms with E-state index >= 15 is 0 Å². The van der Waals surface area contributed by atoms with Crippen molar-refractivity contribution >= 4 is 0 Å². The lowest BCUT2D eigenvalue weighted by Crippen LogP contribution is -2.13. The second kappa shape index (κ2) is 8.81. The number of hydrogen-bond donors (Lipinski definition) is 1. The summed E-state index contributed by atoms with van der Waals surface area (Å²) in [5.74, 6) is 1.65. The molecule has 0 saturated carbocycles. The zero-order valence-corrected chi connectivity index (χ0v) is 12.7. The SMILES string of the molecule is CCNCCCCCc1cc(OC)c(OC)cc1C. The molecule has 0 aliphatic carbocycles. The van der Waals surface area contributed by atoms with Gasteiger partial charge in [-0.15, -0.1) is 0 Å². The first-order valence-corrected chi connectivity index (χ1v) is 7.15. The minimum absolute atomic E-state index is 0.816. The average Bonchev–Trinajstić information content (AvgIpc) is 2.43. The standard InChI is InChI=1S/C16H27NO2/c1-5-17-10-8-6-7-9-14-12-16(19-4)15(18-3)11-13(14)2/h11-12,17H,5-10H2,1-4H3. The number of methoxy groups -OCH3 is 2. The van der Waals surface area contributed by atoms with Gasteiger partial charge in [-0.1, -0.05) is 13.3 Å². The van der Waals surface area contributed by atoms with Gasteiger partial charge in [0.1, 0.15) is 0 Å². The van der Waals surface area contributed by atoms with E-state index in [1.54, 1.807) is 14.2 Å². The summed E-state index contributed by atoms with van der Waals surface area (Å²) in [7, 11) is 3.37. The maximum absolute atomic E-state index is 5.36. The minimum atomic E-state index is 0.816. The lowest BCUT2D eigenvalue weighted by molar-refractivity contribution is 0.354. The molecule has 1 rings (SSSR count). The van der Waals surface area contributed by atoms with Crippen molar-refractivity contribution < 1.29 is 9.47 Å². The molecule has 0 aromatic heterocycles. The Bertz CT molecular complexity index is 377. The van der Waals surface area contributed by atoms with Crippen LogP contribution in [0.25, 0.3) is 0 Å². The van der Waals surface area contributed by atoms with Crippen LogP contribution in [0.1, 0.15) is 37.3 Å². The van der Waals surface area contributed by atoms with Gasteiger partial charge in [-0.3, -0.25) is 0 Å². The quantitative estimate of drug-likeness (QED) is 0.695. The fourth-order valence-corrected chi connectivity index (χ4v) is 2.21. The molecule has 0 heterocycles. The monoisotopic (exact) mass is 265 g/mol. The van der Waals surface area contributed by atoms with Crippen LogP contribution in [-0.2, 0) is 6.42 Å². The Labute approximate surface area is 117 Å². The zero-order chi connectivity index (χ0) is 14.1. The van der Waals surface area contributed by atoms with Crippen LogP contribution in [0.3, 0.4) is 0 Å². The second-order valence-corrected chi connectivity index (χ2v) is 4.80. The number of rotatable bonds is 9. The number of unbranched alkanes of at least 4 members (excludes halogenated alkanes) is 2. The Kier molecular flexibility index (Phi) is 7.34. The topological polar surface area (TPSA) is 30.5 Å². The van der Waals surface area contributed by atoms with Gasteiger partial charge in [-0.05, 0) is 62.5 Å². The molecular weight excluding hydrogens is 238 g/mol. The summed E-state index contributed by atoms with van der Waals surface area (Å²) in [5, 5.41) is 3.36. The van der Waals surface area contributed by atoms with Gasteiger partial charge < -0.3 is 14.8 Å². The molecule has 108 valence electrons. The Hall–Kier alpha value is -1.22. The lowest BCUT2D eigenvalue weighted by atomic mass is 10.0. The Morgan fingerprint density at radius 2 is 1.68 bits per heavy atom. The number of hydrogen-bond acceptors (Lipinski definition) is 3. The van der Waals surface area contributed by atoms with Gasteiger partial charge in [0.15, 0.2) is 11.5 Å². The highest BCUT2D eigenvalue weighted by molar-refractivity contribution is 5.47. The summed E-state index contributed by atoms with van der Waals surface area (Å²) >= 11 is 0. The van der Waals surface area contributed by atoms with E-state index in [2.05, 4.69) is 31.3 Å². The van der Waals surface area contributed by atoms with Crippen molar-refractivity contribution in [1.82, 2.24) is 5.32 Å². The van der Waals surface area contributed by atoms with Crippen molar-refractivity contribution in [2.24, 2.45) is 0 Å². The van der Waals surface area contributed by atoms with Crippen LogP contribution < -0.4 is 14.8 Å². The third-order valence-corrected chi connectivity index (χ3v) is 3.39. The Balaban J connectivity index is 2.49. The van der Waals surface area contributed by atoms with Gasteiger partial charge in [0, 0.05) is 0 Å². The molecule has 0 aliphatic heterocycles. The predicted molar refractivity (Wildman–Crippen MR) is 80.4 cm³/mol. The normalized spacial score (nSPS) is 10.5. The molecular formula is C16H27NO2. The molecule has 0 amide bonds. The molecule has 1 aromatic carbocycles. The highest BCUT2D eigenvalue weighted by Crippen LogP contribution is 2.30. The van der Waals surface area contributed by atoms with Gasteiger partial charge in [0.2, 0.25) is 0 Å². The molecule has 0 unspecified atom stereocenters. The van der Waals surface area contributed by atoms with Crippen molar-refractivity contribution in [2.75, 3.05) is 27.3 Å². The Morgan fingerprint density at radius 3 is 2.32 bits per heavy atom. The number of nitrogens with one attached hydrogen (secondary N) is 1. The predicted octanol–water partition coefficient (Wildman–Crippen LogP) is 3.33. The van der Waals surface area contributed by atoms with Crippen molar-refractivity contribution in [3.05, 3.63) is 23.3 Å². The minimum Gasteiger partial charge on any atom is -0.493 e. The van der Waals surface area contributed by atoms with E-state index in [1.165, 1.54) is 30.4 Å². The first-order chi connectivity index (χ1) is 9.22. The summed E-state index contributed by atoms with van der Waals surface area (Å²) in [6.07, 6.45) is 4.85. The summed E-state index contributed by atoms with van der Waals surface area (Å²) < 4.78 is 10.7. The Morgan fingerprint density at radius 1 is 1.00 bits per heavy atom. The van der Waals surface area contributed by atoms with Crippen LogP contribution in [-0.4, -0.2) is 27.3 Å². The maximum atomic E-state index is 5.36. The largest absolute Gasteiger partial charge is 0.493 e. The summed E-state index contributed by atoms with van der Waals surface area (Å²) in [4.78, 5) is 0. The van der Waals surface area contributed by atoms with E-state index in [1.807, 2.05) is 0 Å². The molecule has 1 N–H and O–H groups in total.